The van der Waals surface area contributed by atoms with Crippen LogP contribution in [0.3, 0.4) is 0 Å². The zero-order chi connectivity index (χ0) is 20.0. The fraction of sp³-hybridized carbons (Fsp3) is 0.750. The van der Waals surface area contributed by atoms with Crippen LogP contribution in [0.2, 0.25) is 0 Å². The van der Waals surface area contributed by atoms with Crippen molar-refractivity contribution in [3.05, 3.63) is 0 Å². The Kier molecular flexibility index (Phi) is 7.88. The molecule has 25 heavy (non-hydrogen) atoms. The maximum Gasteiger partial charge on any atom is 0.408 e. The van der Waals surface area contributed by atoms with Gasteiger partial charge in [0.1, 0.15) is 23.3 Å². The molecule has 9 nitrogen and oxygen atoms in total. The van der Waals surface area contributed by atoms with E-state index >= 15 is 0 Å². The molecule has 0 aliphatic rings. The molecular weight excluding hydrogens is 330 g/mol. The van der Waals surface area contributed by atoms with Crippen LogP contribution >= 0.6 is 0 Å². The number of esters is 1. The van der Waals surface area contributed by atoms with Gasteiger partial charge in [-0.05, 0) is 48.5 Å². The fourth-order valence-electron chi connectivity index (χ4n) is 1.59. The third-order valence-electron chi connectivity index (χ3n) is 2.58. The Bertz CT molecular complexity index is 489. The first-order valence-corrected chi connectivity index (χ1v) is 7.92. The van der Waals surface area contributed by atoms with E-state index < -0.39 is 53.6 Å². The van der Waals surface area contributed by atoms with E-state index in [0.29, 0.717) is 0 Å². The largest absolute Gasteiger partial charge is 0.460 e. The second-order valence-corrected chi connectivity index (χ2v) is 7.62. The highest BCUT2D eigenvalue weighted by atomic mass is 16.6. The van der Waals surface area contributed by atoms with E-state index in [1.54, 1.807) is 41.5 Å². The molecule has 0 saturated heterocycles. The number of amides is 3. The summed E-state index contributed by atoms with van der Waals surface area (Å²) in [6, 6.07) is -2.24. The number of carbonyl (C=O) groups excluding carboxylic acids is 4. The molecule has 0 aliphatic heterocycles. The Labute approximate surface area is 148 Å². The highest BCUT2D eigenvalue weighted by molar-refractivity contribution is 5.92. The van der Waals surface area contributed by atoms with Crippen LogP contribution in [0.5, 0.6) is 0 Å². The average Bonchev–Trinajstić information content (AvgIpc) is 2.32. The molecule has 4 N–H and O–H groups in total. The van der Waals surface area contributed by atoms with Gasteiger partial charge >= 0.3 is 12.1 Å². The number of primary amides is 1. The van der Waals surface area contributed by atoms with Crippen LogP contribution in [0.4, 0.5) is 4.79 Å². The molecule has 0 fully saturated rings. The highest BCUT2D eigenvalue weighted by Gasteiger charge is 2.30. The Balaban J connectivity index is 5.10. The zero-order valence-electron chi connectivity index (χ0n) is 15.9. The summed E-state index contributed by atoms with van der Waals surface area (Å²) in [7, 11) is 0. The van der Waals surface area contributed by atoms with Gasteiger partial charge in [0.25, 0.3) is 0 Å². The van der Waals surface area contributed by atoms with Crippen molar-refractivity contribution in [2.24, 2.45) is 5.73 Å². The van der Waals surface area contributed by atoms with Gasteiger partial charge < -0.3 is 25.8 Å². The van der Waals surface area contributed by atoms with Crippen molar-refractivity contribution < 1.29 is 28.7 Å². The molecule has 0 spiro atoms. The SMILES string of the molecule is C[C@@H](NC(=O)[C@@H](CC(=O)OC(C)(C)C)NC(=O)OC(C)(C)C)C(N)=O. The average molecular weight is 359 g/mol. The minimum atomic E-state index is -1.27. The highest BCUT2D eigenvalue weighted by Crippen LogP contribution is 2.11. The van der Waals surface area contributed by atoms with Crippen LogP contribution in [0, 0.1) is 0 Å². The third kappa shape index (κ3) is 11.0. The van der Waals surface area contributed by atoms with Gasteiger partial charge in [-0.3, -0.25) is 14.4 Å². The number of ether oxygens (including phenoxy) is 2. The lowest BCUT2D eigenvalue weighted by Gasteiger charge is -2.25. The van der Waals surface area contributed by atoms with Crippen LogP contribution in [0.15, 0.2) is 0 Å². The molecule has 0 aromatic rings. The second kappa shape index (κ2) is 8.68. The van der Waals surface area contributed by atoms with Crippen LogP contribution < -0.4 is 16.4 Å². The van der Waals surface area contributed by atoms with E-state index in [0.717, 1.165) is 0 Å². The number of nitrogens with one attached hydrogen (secondary N) is 2. The Morgan fingerprint density at radius 3 is 1.80 bits per heavy atom. The van der Waals surface area contributed by atoms with E-state index in [4.69, 9.17) is 15.2 Å². The van der Waals surface area contributed by atoms with Gasteiger partial charge in [0.05, 0.1) is 6.42 Å². The molecule has 0 aliphatic carbocycles. The van der Waals surface area contributed by atoms with Crippen molar-refractivity contribution in [1.82, 2.24) is 10.6 Å². The number of alkyl carbamates (subject to hydrolysis) is 1. The van der Waals surface area contributed by atoms with Gasteiger partial charge in [-0.1, -0.05) is 0 Å². The molecule has 2 atom stereocenters. The van der Waals surface area contributed by atoms with Gasteiger partial charge in [0.2, 0.25) is 11.8 Å². The summed E-state index contributed by atoms with van der Waals surface area (Å²) >= 11 is 0. The Hall–Kier alpha value is -2.32. The summed E-state index contributed by atoms with van der Waals surface area (Å²) in [6.45, 7) is 11.4. The lowest BCUT2D eigenvalue weighted by molar-refractivity contribution is -0.156. The fourth-order valence-corrected chi connectivity index (χ4v) is 1.59. The van der Waals surface area contributed by atoms with Crippen molar-refractivity contribution in [3.8, 4) is 0 Å². The summed E-state index contributed by atoms with van der Waals surface area (Å²) in [4.78, 5) is 47.2. The number of nitrogens with two attached hydrogens (primary N) is 1. The lowest BCUT2D eigenvalue weighted by Crippen LogP contribution is -2.53. The summed E-state index contributed by atoms with van der Waals surface area (Å²) in [5.41, 5.74) is 3.57. The molecule has 9 heteroatoms. The lowest BCUT2D eigenvalue weighted by atomic mass is 10.1. The standard InChI is InChI=1S/C16H29N3O6/c1-9(12(17)21)18-13(22)10(8-11(20)24-15(2,3)4)19-14(23)25-16(5,6)7/h9-10H,8H2,1-7H3,(H2,17,21)(H,18,22)(H,19,23)/t9-,10-/m1/s1. The second-order valence-electron chi connectivity index (χ2n) is 7.62. The van der Waals surface area contributed by atoms with E-state index in [2.05, 4.69) is 10.6 Å². The van der Waals surface area contributed by atoms with E-state index in [9.17, 15) is 19.2 Å². The van der Waals surface area contributed by atoms with Gasteiger partial charge in [0.15, 0.2) is 0 Å². The van der Waals surface area contributed by atoms with Crippen molar-refractivity contribution in [2.75, 3.05) is 0 Å². The molecule has 3 amide bonds. The number of hydrogen-bond acceptors (Lipinski definition) is 6. The molecule has 0 saturated carbocycles. The molecule has 144 valence electrons. The summed E-state index contributed by atoms with van der Waals surface area (Å²) < 4.78 is 10.2. The predicted octanol–water partition coefficient (Wildman–Crippen LogP) is 0.601. The van der Waals surface area contributed by atoms with E-state index in [1.165, 1.54) is 6.92 Å². The summed E-state index contributed by atoms with van der Waals surface area (Å²) in [5, 5.41) is 4.63. The topological polar surface area (TPSA) is 137 Å². The maximum atomic E-state index is 12.3. The van der Waals surface area contributed by atoms with Crippen molar-refractivity contribution in [1.29, 1.82) is 0 Å². The molecule has 0 rings (SSSR count). The van der Waals surface area contributed by atoms with Crippen LogP contribution in [0.25, 0.3) is 0 Å². The first-order valence-electron chi connectivity index (χ1n) is 7.92. The number of hydrogen-bond donors (Lipinski definition) is 3. The molecule has 0 radical (unpaired) electrons. The zero-order valence-corrected chi connectivity index (χ0v) is 15.9. The van der Waals surface area contributed by atoms with Crippen LogP contribution in [-0.4, -0.2) is 47.2 Å². The number of carbonyl (C=O) groups is 4. The quantitative estimate of drug-likeness (QED) is 0.594. The van der Waals surface area contributed by atoms with Crippen molar-refractivity contribution in [2.45, 2.75) is 78.2 Å². The van der Waals surface area contributed by atoms with E-state index in [1.807, 2.05) is 0 Å². The van der Waals surface area contributed by atoms with Crippen molar-refractivity contribution in [3.63, 3.8) is 0 Å². The molecule has 0 unspecified atom stereocenters. The Morgan fingerprint density at radius 2 is 1.40 bits per heavy atom. The summed E-state index contributed by atoms with van der Waals surface area (Å²) in [5.74, 6) is -2.18. The van der Waals surface area contributed by atoms with Gasteiger partial charge in [0, 0.05) is 0 Å². The minimum Gasteiger partial charge on any atom is -0.460 e. The molecule has 0 heterocycles. The maximum absolute atomic E-state index is 12.3. The predicted molar refractivity (Wildman–Crippen MR) is 90.4 cm³/mol. The first kappa shape index (κ1) is 22.7. The van der Waals surface area contributed by atoms with E-state index in [-0.39, 0.29) is 0 Å². The third-order valence-corrected chi connectivity index (χ3v) is 2.58. The molecule has 0 bridgehead atoms. The van der Waals surface area contributed by atoms with Crippen LogP contribution in [0.1, 0.15) is 54.9 Å². The smallest absolute Gasteiger partial charge is 0.408 e. The normalized spacial score (nSPS) is 14.0. The van der Waals surface area contributed by atoms with Crippen LogP contribution in [-0.2, 0) is 23.9 Å². The van der Waals surface area contributed by atoms with Gasteiger partial charge in [-0.2, -0.15) is 0 Å². The summed E-state index contributed by atoms with van der Waals surface area (Å²) in [6.07, 6.45) is -1.30. The molecule has 0 aromatic carbocycles. The number of rotatable bonds is 6. The van der Waals surface area contributed by atoms with Gasteiger partial charge in [-0.25, -0.2) is 4.79 Å². The van der Waals surface area contributed by atoms with Crippen molar-refractivity contribution >= 4 is 23.9 Å². The minimum absolute atomic E-state index is 0.423. The monoisotopic (exact) mass is 359 g/mol. The van der Waals surface area contributed by atoms with Gasteiger partial charge in [-0.15, -0.1) is 0 Å². The Morgan fingerprint density at radius 1 is 0.920 bits per heavy atom. The molecular formula is C16H29N3O6. The first-order chi connectivity index (χ1) is 11.1. The molecule has 0 aromatic heterocycles.